The summed E-state index contributed by atoms with van der Waals surface area (Å²) < 4.78 is 1.79. The van der Waals surface area contributed by atoms with Gasteiger partial charge in [-0.25, -0.2) is 9.97 Å². The SMILES string of the molecule is O=C(Nc1ncn2c(n1)nc1ccccc12)c1ccccc1. The molecule has 0 atom stereocenters. The van der Waals surface area contributed by atoms with Crippen LogP contribution < -0.4 is 5.32 Å². The lowest BCUT2D eigenvalue weighted by Crippen LogP contribution is -2.14. The summed E-state index contributed by atoms with van der Waals surface area (Å²) in [6, 6.07) is 16.6. The van der Waals surface area contributed by atoms with Crippen LogP contribution in [0.3, 0.4) is 0 Å². The van der Waals surface area contributed by atoms with Crippen LogP contribution in [0.2, 0.25) is 0 Å². The monoisotopic (exact) mass is 289 g/mol. The zero-order chi connectivity index (χ0) is 14.9. The van der Waals surface area contributed by atoms with Crippen LogP contribution in [0.5, 0.6) is 0 Å². The van der Waals surface area contributed by atoms with E-state index in [-0.39, 0.29) is 11.9 Å². The lowest BCUT2D eigenvalue weighted by molar-refractivity contribution is 0.102. The van der Waals surface area contributed by atoms with Gasteiger partial charge in [-0.15, -0.1) is 0 Å². The van der Waals surface area contributed by atoms with E-state index < -0.39 is 0 Å². The minimum atomic E-state index is -0.249. The Morgan fingerprint density at radius 3 is 2.59 bits per heavy atom. The van der Waals surface area contributed by atoms with Crippen molar-refractivity contribution in [2.45, 2.75) is 0 Å². The maximum Gasteiger partial charge on any atom is 0.258 e. The molecule has 0 bridgehead atoms. The van der Waals surface area contributed by atoms with Gasteiger partial charge in [-0.1, -0.05) is 30.3 Å². The minimum Gasteiger partial charge on any atom is -0.290 e. The number of nitrogens with zero attached hydrogens (tertiary/aromatic N) is 4. The van der Waals surface area contributed by atoms with Gasteiger partial charge in [0.1, 0.15) is 6.33 Å². The van der Waals surface area contributed by atoms with Crippen LogP contribution in [-0.2, 0) is 0 Å². The second-order valence-corrected chi connectivity index (χ2v) is 4.77. The first kappa shape index (κ1) is 12.5. The van der Waals surface area contributed by atoms with E-state index >= 15 is 0 Å². The molecule has 0 saturated heterocycles. The van der Waals surface area contributed by atoms with E-state index in [4.69, 9.17) is 0 Å². The molecule has 22 heavy (non-hydrogen) atoms. The Morgan fingerprint density at radius 2 is 1.73 bits per heavy atom. The normalized spacial score (nSPS) is 10.9. The number of para-hydroxylation sites is 2. The number of carbonyl (C=O) groups is 1. The Morgan fingerprint density at radius 1 is 0.955 bits per heavy atom. The van der Waals surface area contributed by atoms with Crippen LogP contribution in [0.4, 0.5) is 5.95 Å². The van der Waals surface area contributed by atoms with Gasteiger partial charge in [-0.05, 0) is 24.3 Å². The topological polar surface area (TPSA) is 72.2 Å². The van der Waals surface area contributed by atoms with Gasteiger partial charge in [0.25, 0.3) is 5.91 Å². The second kappa shape index (κ2) is 4.92. The Kier molecular flexibility index (Phi) is 2.79. The van der Waals surface area contributed by atoms with Crippen LogP contribution >= 0.6 is 0 Å². The van der Waals surface area contributed by atoms with E-state index in [9.17, 15) is 4.79 Å². The molecule has 0 fully saturated rings. The summed E-state index contributed by atoms with van der Waals surface area (Å²) >= 11 is 0. The Hall–Kier alpha value is -3.28. The number of imidazole rings is 1. The summed E-state index contributed by atoms with van der Waals surface area (Å²) in [5.74, 6) is 0.484. The fraction of sp³-hybridized carbons (Fsp3) is 0. The molecular weight excluding hydrogens is 278 g/mol. The van der Waals surface area contributed by atoms with Crippen molar-refractivity contribution in [1.29, 1.82) is 0 Å². The van der Waals surface area contributed by atoms with Gasteiger partial charge in [0.2, 0.25) is 11.7 Å². The molecule has 6 heteroatoms. The number of fused-ring (bicyclic) bond motifs is 3. The van der Waals surface area contributed by atoms with Crippen LogP contribution in [0.15, 0.2) is 60.9 Å². The third-order valence-corrected chi connectivity index (χ3v) is 3.34. The number of anilines is 1. The van der Waals surface area contributed by atoms with Crippen molar-refractivity contribution in [2.75, 3.05) is 5.32 Å². The van der Waals surface area contributed by atoms with Gasteiger partial charge < -0.3 is 0 Å². The van der Waals surface area contributed by atoms with Crippen molar-refractivity contribution in [2.24, 2.45) is 0 Å². The molecular formula is C16H11N5O. The van der Waals surface area contributed by atoms with Gasteiger partial charge in [0.15, 0.2) is 0 Å². The van der Waals surface area contributed by atoms with Crippen LogP contribution in [0, 0.1) is 0 Å². The highest BCUT2D eigenvalue weighted by Gasteiger charge is 2.10. The molecule has 0 radical (unpaired) electrons. The molecule has 1 N–H and O–H groups in total. The fourth-order valence-electron chi connectivity index (χ4n) is 2.28. The number of amides is 1. The van der Waals surface area contributed by atoms with Gasteiger partial charge in [0, 0.05) is 5.56 Å². The average molecular weight is 289 g/mol. The highest BCUT2D eigenvalue weighted by Crippen LogP contribution is 2.15. The van der Waals surface area contributed by atoms with Gasteiger partial charge in [0.05, 0.1) is 11.0 Å². The summed E-state index contributed by atoms with van der Waals surface area (Å²) in [5, 5.41) is 2.68. The molecule has 6 nitrogen and oxygen atoms in total. The number of aromatic nitrogens is 4. The molecule has 106 valence electrons. The van der Waals surface area contributed by atoms with E-state index in [0.717, 1.165) is 11.0 Å². The quantitative estimate of drug-likeness (QED) is 0.615. The van der Waals surface area contributed by atoms with Gasteiger partial charge >= 0.3 is 0 Å². The van der Waals surface area contributed by atoms with Crippen LogP contribution in [0.25, 0.3) is 16.8 Å². The largest absolute Gasteiger partial charge is 0.290 e. The molecule has 2 aromatic heterocycles. The molecule has 0 aliphatic carbocycles. The summed E-state index contributed by atoms with van der Waals surface area (Å²) in [7, 11) is 0. The molecule has 0 unspecified atom stereocenters. The molecule has 2 aromatic carbocycles. The number of hydrogen-bond acceptors (Lipinski definition) is 4. The second-order valence-electron chi connectivity index (χ2n) is 4.77. The van der Waals surface area contributed by atoms with Crippen LogP contribution in [0.1, 0.15) is 10.4 Å². The number of nitrogens with one attached hydrogen (secondary N) is 1. The number of rotatable bonds is 2. The number of benzene rings is 2. The molecule has 2 heterocycles. The minimum absolute atomic E-state index is 0.233. The summed E-state index contributed by atoms with van der Waals surface area (Å²) in [5.41, 5.74) is 2.32. The van der Waals surface area contributed by atoms with Crippen LogP contribution in [-0.4, -0.2) is 25.3 Å². The van der Waals surface area contributed by atoms with Crippen molar-refractivity contribution in [1.82, 2.24) is 19.4 Å². The molecule has 4 rings (SSSR count). The van der Waals surface area contributed by atoms with E-state index in [2.05, 4.69) is 20.3 Å². The average Bonchev–Trinajstić information content (AvgIpc) is 2.93. The smallest absolute Gasteiger partial charge is 0.258 e. The predicted octanol–water partition coefficient (Wildman–Crippen LogP) is 2.53. The zero-order valence-electron chi connectivity index (χ0n) is 11.5. The molecule has 0 spiro atoms. The predicted molar refractivity (Wildman–Crippen MR) is 82.7 cm³/mol. The molecule has 0 aliphatic rings. The van der Waals surface area contributed by atoms with E-state index in [1.54, 1.807) is 35.0 Å². The molecule has 1 amide bonds. The third-order valence-electron chi connectivity index (χ3n) is 3.34. The van der Waals surface area contributed by atoms with Crippen molar-refractivity contribution in [3.05, 3.63) is 66.5 Å². The van der Waals surface area contributed by atoms with E-state index in [0.29, 0.717) is 11.3 Å². The maximum atomic E-state index is 12.1. The van der Waals surface area contributed by atoms with Gasteiger partial charge in [-0.3, -0.25) is 14.5 Å². The first-order valence-corrected chi connectivity index (χ1v) is 6.77. The van der Waals surface area contributed by atoms with Crippen molar-refractivity contribution in [3.63, 3.8) is 0 Å². The van der Waals surface area contributed by atoms with E-state index in [1.165, 1.54) is 0 Å². The number of carbonyl (C=O) groups excluding carboxylic acids is 1. The Bertz CT molecular complexity index is 978. The highest BCUT2D eigenvalue weighted by atomic mass is 16.1. The summed E-state index contributed by atoms with van der Waals surface area (Å²) in [4.78, 5) is 25.0. The lowest BCUT2D eigenvalue weighted by atomic mass is 10.2. The first-order valence-electron chi connectivity index (χ1n) is 6.77. The number of hydrogen-bond donors (Lipinski definition) is 1. The Balaban J connectivity index is 1.71. The third kappa shape index (κ3) is 2.07. The summed E-state index contributed by atoms with van der Waals surface area (Å²) in [6.07, 6.45) is 1.61. The molecule has 0 aliphatic heterocycles. The van der Waals surface area contributed by atoms with Crippen molar-refractivity contribution in [3.8, 4) is 0 Å². The van der Waals surface area contributed by atoms with Crippen molar-refractivity contribution >= 4 is 28.7 Å². The first-order chi connectivity index (χ1) is 10.8. The zero-order valence-corrected chi connectivity index (χ0v) is 11.5. The van der Waals surface area contributed by atoms with E-state index in [1.807, 2.05) is 30.3 Å². The molecule has 0 saturated carbocycles. The lowest BCUT2D eigenvalue weighted by Gasteiger charge is -2.03. The Labute approximate surface area is 125 Å². The standard InChI is InChI=1S/C16H11N5O/c22-14(11-6-2-1-3-7-11)19-15-17-10-21-13-9-5-4-8-12(13)18-16(21)20-15/h1-10H,(H,18,19,20,22). The maximum absolute atomic E-state index is 12.1. The fourth-order valence-corrected chi connectivity index (χ4v) is 2.28. The van der Waals surface area contributed by atoms with Gasteiger partial charge in [-0.2, -0.15) is 4.98 Å². The molecule has 4 aromatic rings. The highest BCUT2D eigenvalue weighted by molar-refractivity contribution is 6.03. The van der Waals surface area contributed by atoms with Crippen molar-refractivity contribution < 1.29 is 4.79 Å². The summed E-state index contributed by atoms with van der Waals surface area (Å²) in [6.45, 7) is 0.